The van der Waals surface area contributed by atoms with Gasteiger partial charge in [0, 0.05) is 28.8 Å². The van der Waals surface area contributed by atoms with Crippen molar-refractivity contribution in [2.75, 3.05) is 24.6 Å². The number of ether oxygens (including phenoxy) is 1. The minimum atomic E-state index is -0.555. The third kappa shape index (κ3) is 4.11. The van der Waals surface area contributed by atoms with Crippen LogP contribution in [-0.2, 0) is 9.59 Å². The lowest BCUT2D eigenvalue weighted by Crippen LogP contribution is -2.58. The van der Waals surface area contributed by atoms with Crippen molar-refractivity contribution >= 4 is 40.7 Å². The molecule has 7 heteroatoms. The van der Waals surface area contributed by atoms with E-state index in [-0.39, 0.29) is 18.4 Å². The molecule has 1 aliphatic rings. The van der Waals surface area contributed by atoms with E-state index in [1.165, 1.54) is 0 Å². The summed E-state index contributed by atoms with van der Waals surface area (Å²) in [7, 11) is 0. The van der Waals surface area contributed by atoms with Gasteiger partial charge < -0.3 is 14.5 Å². The Hall–Kier alpha value is -2.24. The van der Waals surface area contributed by atoms with Gasteiger partial charge in [-0.15, -0.1) is 0 Å². The number of benzene rings is 2. The third-order valence-corrected chi connectivity index (χ3v) is 4.79. The molecular weight excluding hydrogens is 375 g/mol. The molecule has 0 aromatic heterocycles. The molecule has 0 bridgehead atoms. The van der Waals surface area contributed by atoms with Gasteiger partial charge in [-0.3, -0.25) is 9.59 Å². The SMILES string of the molecule is CC1C(=O)N(c2ccc(Cl)cc2)CCN1C(=O)COc1ccc(Cl)cc1. The van der Waals surface area contributed by atoms with E-state index < -0.39 is 6.04 Å². The molecule has 2 aromatic rings. The minimum absolute atomic E-state index is 0.125. The zero-order valence-electron chi connectivity index (χ0n) is 14.2. The van der Waals surface area contributed by atoms with Crippen molar-refractivity contribution < 1.29 is 14.3 Å². The molecule has 1 heterocycles. The molecule has 0 saturated carbocycles. The summed E-state index contributed by atoms with van der Waals surface area (Å²) in [4.78, 5) is 28.4. The maximum absolute atomic E-state index is 12.7. The molecule has 0 radical (unpaired) electrons. The summed E-state index contributed by atoms with van der Waals surface area (Å²) in [6.45, 7) is 2.47. The first-order valence-electron chi connectivity index (χ1n) is 8.20. The molecule has 136 valence electrons. The highest BCUT2D eigenvalue weighted by Crippen LogP contribution is 2.23. The summed E-state index contributed by atoms with van der Waals surface area (Å²) in [5.41, 5.74) is 0.774. The van der Waals surface area contributed by atoms with Crippen LogP contribution in [-0.4, -0.2) is 42.5 Å². The van der Waals surface area contributed by atoms with Gasteiger partial charge in [0.25, 0.3) is 5.91 Å². The lowest BCUT2D eigenvalue weighted by Gasteiger charge is -2.39. The topological polar surface area (TPSA) is 49.9 Å². The fourth-order valence-electron chi connectivity index (χ4n) is 2.85. The number of anilines is 1. The standard InChI is InChI=1S/C19H18Cl2N2O3/c1-13-19(25)23(16-6-2-14(20)3-7-16)11-10-22(13)18(24)12-26-17-8-4-15(21)5-9-17/h2-9,13H,10-12H2,1H3. The molecule has 0 spiro atoms. The molecule has 3 rings (SSSR count). The number of amides is 2. The number of carbonyl (C=O) groups excluding carboxylic acids is 2. The fourth-order valence-corrected chi connectivity index (χ4v) is 3.10. The van der Waals surface area contributed by atoms with E-state index in [4.69, 9.17) is 27.9 Å². The van der Waals surface area contributed by atoms with Crippen LogP contribution in [0.5, 0.6) is 5.75 Å². The van der Waals surface area contributed by atoms with Crippen molar-refractivity contribution in [3.63, 3.8) is 0 Å². The van der Waals surface area contributed by atoms with E-state index in [2.05, 4.69) is 0 Å². The Labute approximate surface area is 162 Å². The molecule has 26 heavy (non-hydrogen) atoms. The van der Waals surface area contributed by atoms with Gasteiger partial charge in [0.15, 0.2) is 6.61 Å². The molecule has 2 aromatic carbocycles. The summed E-state index contributed by atoms with van der Waals surface area (Å²) in [6, 6.07) is 13.3. The molecule has 1 fully saturated rings. The van der Waals surface area contributed by atoms with Crippen molar-refractivity contribution in [2.45, 2.75) is 13.0 Å². The lowest BCUT2D eigenvalue weighted by atomic mass is 10.1. The molecule has 5 nitrogen and oxygen atoms in total. The van der Waals surface area contributed by atoms with Crippen molar-refractivity contribution in [3.8, 4) is 5.75 Å². The van der Waals surface area contributed by atoms with Gasteiger partial charge in [-0.05, 0) is 55.5 Å². The minimum Gasteiger partial charge on any atom is -0.484 e. The quantitative estimate of drug-likeness (QED) is 0.797. The van der Waals surface area contributed by atoms with Crippen LogP contribution in [0.4, 0.5) is 5.69 Å². The average Bonchev–Trinajstić information content (AvgIpc) is 2.64. The number of halogens is 2. The summed E-state index contributed by atoms with van der Waals surface area (Å²) >= 11 is 11.7. The predicted octanol–water partition coefficient (Wildman–Crippen LogP) is 3.64. The maximum atomic E-state index is 12.7. The smallest absolute Gasteiger partial charge is 0.261 e. The Morgan fingerprint density at radius 2 is 1.62 bits per heavy atom. The van der Waals surface area contributed by atoms with E-state index in [0.717, 1.165) is 5.69 Å². The molecular formula is C19H18Cl2N2O3. The number of hydrogen-bond acceptors (Lipinski definition) is 3. The first-order chi connectivity index (χ1) is 12.5. The molecule has 1 atom stereocenters. The maximum Gasteiger partial charge on any atom is 0.261 e. The molecule has 1 aliphatic heterocycles. The Kier molecular flexibility index (Phi) is 5.69. The van der Waals surface area contributed by atoms with Crippen LogP contribution in [0, 0.1) is 0 Å². The van der Waals surface area contributed by atoms with E-state index in [0.29, 0.717) is 28.9 Å². The van der Waals surface area contributed by atoms with E-state index >= 15 is 0 Å². The van der Waals surface area contributed by atoms with Crippen LogP contribution in [0.1, 0.15) is 6.92 Å². The van der Waals surface area contributed by atoms with Crippen LogP contribution in [0.25, 0.3) is 0 Å². The molecule has 0 N–H and O–H groups in total. The summed E-state index contributed by atoms with van der Waals surface area (Å²) in [6.07, 6.45) is 0. The van der Waals surface area contributed by atoms with E-state index in [1.54, 1.807) is 65.3 Å². The highest BCUT2D eigenvalue weighted by Gasteiger charge is 2.35. The second-order valence-corrected chi connectivity index (χ2v) is 6.84. The highest BCUT2D eigenvalue weighted by molar-refractivity contribution is 6.30. The van der Waals surface area contributed by atoms with Gasteiger partial charge in [0.05, 0.1) is 0 Å². The number of nitrogens with zero attached hydrogens (tertiary/aromatic N) is 2. The second-order valence-electron chi connectivity index (χ2n) is 5.97. The van der Waals surface area contributed by atoms with Crippen molar-refractivity contribution in [3.05, 3.63) is 58.6 Å². The van der Waals surface area contributed by atoms with E-state index in [1.807, 2.05) is 0 Å². The summed E-state index contributed by atoms with van der Waals surface area (Å²) < 4.78 is 5.49. The number of rotatable bonds is 4. The molecule has 1 saturated heterocycles. The largest absolute Gasteiger partial charge is 0.484 e. The monoisotopic (exact) mass is 392 g/mol. The summed E-state index contributed by atoms with van der Waals surface area (Å²) in [5, 5.41) is 1.21. The Morgan fingerprint density at radius 1 is 1.04 bits per heavy atom. The molecule has 2 amide bonds. The average molecular weight is 393 g/mol. The van der Waals surface area contributed by atoms with Crippen LogP contribution in [0.15, 0.2) is 48.5 Å². The Bertz CT molecular complexity index is 793. The Balaban J connectivity index is 1.61. The van der Waals surface area contributed by atoms with Gasteiger partial charge in [0.1, 0.15) is 11.8 Å². The molecule has 0 aliphatic carbocycles. The first-order valence-corrected chi connectivity index (χ1v) is 8.96. The fraction of sp³-hybridized carbons (Fsp3) is 0.263. The second kappa shape index (κ2) is 7.98. The van der Waals surface area contributed by atoms with Crippen molar-refractivity contribution in [1.82, 2.24) is 4.90 Å². The van der Waals surface area contributed by atoms with Crippen molar-refractivity contribution in [2.24, 2.45) is 0 Å². The summed E-state index contributed by atoms with van der Waals surface area (Å²) in [5.74, 6) is 0.205. The van der Waals surface area contributed by atoms with Crippen LogP contribution < -0.4 is 9.64 Å². The first kappa shape index (κ1) is 18.5. The zero-order valence-corrected chi connectivity index (χ0v) is 15.7. The van der Waals surface area contributed by atoms with Gasteiger partial charge >= 0.3 is 0 Å². The number of hydrogen-bond donors (Lipinski definition) is 0. The zero-order chi connectivity index (χ0) is 18.7. The number of carbonyl (C=O) groups is 2. The van der Waals surface area contributed by atoms with Crippen LogP contribution in [0.3, 0.4) is 0 Å². The third-order valence-electron chi connectivity index (χ3n) is 4.29. The highest BCUT2D eigenvalue weighted by atomic mass is 35.5. The number of piperazine rings is 1. The van der Waals surface area contributed by atoms with Gasteiger partial charge in [0.2, 0.25) is 5.91 Å². The van der Waals surface area contributed by atoms with Gasteiger partial charge in [-0.25, -0.2) is 0 Å². The lowest BCUT2D eigenvalue weighted by molar-refractivity contribution is -0.142. The van der Waals surface area contributed by atoms with Crippen molar-refractivity contribution in [1.29, 1.82) is 0 Å². The normalized spacial score (nSPS) is 17.3. The predicted molar refractivity (Wildman–Crippen MR) is 102 cm³/mol. The van der Waals surface area contributed by atoms with Gasteiger partial charge in [-0.2, -0.15) is 0 Å². The van der Waals surface area contributed by atoms with Crippen LogP contribution >= 0.6 is 23.2 Å². The van der Waals surface area contributed by atoms with Gasteiger partial charge in [-0.1, -0.05) is 23.2 Å². The van der Waals surface area contributed by atoms with E-state index in [9.17, 15) is 9.59 Å². The Morgan fingerprint density at radius 3 is 2.23 bits per heavy atom. The van der Waals surface area contributed by atoms with Crippen LogP contribution in [0.2, 0.25) is 10.0 Å². The molecule has 1 unspecified atom stereocenters.